The Labute approximate surface area is 104 Å². The van der Waals surface area contributed by atoms with Crippen LogP contribution in [0.1, 0.15) is 17.3 Å². The molecule has 17 heavy (non-hydrogen) atoms. The van der Waals surface area contributed by atoms with Crippen LogP contribution in [0.3, 0.4) is 0 Å². The summed E-state index contributed by atoms with van der Waals surface area (Å²) in [5.74, 6) is -0.0582. The fourth-order valence-corrected chi connectivity index (χ4v) is 2.27. The molecule has 0 aliphatic rings. The van der Waals surface area contributed by atoms with Crippen LogP contribution in [-0.4, -0.2) is 5.91 Å². The molecule has 2 aromatic rings. The zero-order chi connectivity index (χ0) is 12.1. The summed E-state index contributed by atoms with van der Waals surface area (Å²) >= 11 is 1.57. The van der Waals surface area contributed by atoms with Crippen molar-refractivity contribution in [2.24, 2.45) is 5.73 Å². The SMILES string of the molecule is N[C@@H](CC(=O)Nc1ccccc1)c1cccs1. The minimum Gasteiger partial charge on any atom is -0.326 e. The zero-order valence-corrected chi connectivity index (χ0v) is 10.1. The minimum atomic E-state index is -0.223. The van der Waals surface area contributed by atoms with E-state index in [1.165, 1.54) is 0 Å². The van der Waals surface area contributed by atoms with E-state index < -0.39 is 0 Å². The summed E-state index contributed by atoms with van der Waals surface area (Å²) < 4.78 is 0. The number of thiophene rings is 1. The average Bonchev–Trinajstić information content (AvgIpc) is 2.83. The van der Waals surface area contributed by atoms with Gasteiger partial charge < -0.3 is 11.1 Å². The maximum absolute atomic E-state index is 11.7. The van der Waals surface area contributed by atoms with Gasteiger partial charge in [0.1, 0.15) is 0 Å². The van der Waals surface area contributed by atoms with E-state index in [0.29, 0.717) is 6.42 Å². The summed E-state index contributed by atoms with van der Waals surface area (Å²) in [6.07, 6.45) is 0.301. The van der Waals surface area contributed by atoms with E-state index in [4.69, 9.17) is 5.73 Å². The molecular formula is C13H14N2OS. The smallest absolute Gasteiger partial charge is 0.226 e. The third kappa shape index (κ3) is 3.41. The fourth-order valence-electron chi connectivity index (χ4n) is 1.54. The largest absolute Gasteiger partial charge is 0.326 e. The van der Waals surface area contributed by atoms with Gasteiger partial charge in [-0.05, 0) is 23.6 Å². The van der Waals surface area contributed by atoms with Crippen molar-refractivity contribution in [3.63, 3.8) is 0 Å². The normalized spacial score (nSPS) is 12.1. The van der Waals surface area contributed by atoms with E-state index in [1.807, 2.05) is 47.8 Å². The number of nitrogens with one attached hydrogen (secondary N) is 1. The Balaban J connectivity index is 1.90. The molecule has 3 nitrogen and oxygen atoms in total. The zero-order valence-electron chi connectivity index (χ0n) is 9.30. The highest BCUT2D eigenvalue weighted by molar-refractivity contribution is 7.10. The summed E-state index contributed by atoms with van der Waals surface area (Å²) in [5, 5.41) is 4.78. The molecule has 1 heterocycles. The van der Waals surface area contributed by atoms with E-state index in [0.717, 1.165) is 10.6 Å². The quantitative estimate of drug-likeness (QED) is 0.871. The van der Waals surface area contributed by atoms with Gasteiger partial charge in [-0.1, -0.05) is 24.3 Å². The molecule has 0 spiro atoms. The standard InChI is InChI=1S/C13H14N2OS/c14-11(12-7-4-8-17-12)9-13(16)15-10-5-2-1-3-6-10/h1-8,11H,9,14H2,(H,15,16)/t11-/m0/s1. The van der Waals surface area contributed by atoms with Crippen LogP contribution < -0.4 is 11.1 Å². The number of hydrogen-bond acceptors (Lipinski definition) is 3. The Morgan fingerprint density at radius 3 is 2.65 bits per heavy atom. The van der Waals surface area contributed by atoms with Crippen molar-refractivity contribution in [1.29, 1.82) is 0 Å². The molecule has 0 unspecified atom stereocenters. The Morgan fingerprint density at radius 1 is 1.24 bits per heavy atom. The first-order chi connectivity index (χ1) is 8.25. The number of amides is 1. The van der Waals surface area contributed by atoms with Crippen LogP contribution in [0.25, 0.3) is 0 Å². The van der Waals surface area contributed by atoms with Crippen molar-refractivity contribution in [3.8, 4) is 0 Å². The number of nitrogens with two attached hydrogens (primary N) is 1. The van der Waals surface area contributed by atoms with Crippen LogP contribution in [-0.2, 0) is 4.79 Å². The molecule has 0 bridgehead atoms. The number of anilines is 1. The molecule has 1 amide bonds. The first kappa shape index (κ1) is 11.8. The molecule has 1 aromatic heterocycles. The van der Waals surface area contributed by atoms with Gasteiger partial charge >= 0.3 is 0 Å². The van der Waals surface area contributed by atoms with Crippen LogP contribution in [0.2, 0.25) is 0 Å². The van der Waals surface area contributed by atoms with E-state index in [1.54, 1.807) is 11.3 Å². The molecule has 88 valence electrons. The van der Waals surface area contributed by atoms with Crippen molar-refractivity contribution < 1.29 is 4.79 Å². The summed E-state index contributed by atoms with van der Waals surface area (Å²) in [5.41, 5.74) is 6.75. The monoisotopic (exact) mass is 246 g/mol. The van der Waals surface area contributed by atoms with Crippen molar-refractivity contribution in [2.45, 2.75) is 12.5 Å². The van der Waals surface area contributed by atoms with Crippen LogP contribution in [0.5, 0.6) is 0 Å². The highest BCUT2D eigenvalue weighted by Crippen LogP contribution is 2.20. The second kappa shape index (κ2) is 5.61. The molecule has 0 fully saturated rings. The highest BCUT2D eigenvalue weighted by atomic mass is 32.1. The first-order valence-corrected chi connectivity index (χ1v) is 6.27. The second-order valence-corrected chi connectivity index (χ2v) is 4.72. The highest BCUT2D eigenvalue weighted by Gasteiger charge is 2.12. The van der Waals surface area contributed by atoms with Crippen molar-refractivity contribution in [3.05, 3.63) is 52.7 Å². The van der Waals surface area contributed by atoms with E-state index in [9.17, 15) is 4.79 Å². The summed E-state index contributed by atoms with van der Waals surface area (Å²) in [4.78, 5) is 12.8. The lowest BCUT2D eigenvalue weighted by atomic mass is 10.2. The maximum Gasteiger partial charge on any atom is 0.226 e. The molecule has 1 aromatic carbocycles. The molecule has 0 radical (unpaired) electrons. The van der Waals surface area contributed by atoms with Gasteiger partial charge in [0.2, 0.25) is 5.91 Å². The van der Waals surface area contributed by atoms with Gasteiger partial charge in [-0.3, -0.25) is 4.79 Å². The van der Waals surface area contributed by atoms with Gasteiger partial charge in [0.25, 0.3) is 0 Å². The van der Waals surface area contributed by atoms with E-state index >= 15 is 0 Å². The number of hydrogen-bond donors (Lipinski definition) is 2. The summed E-state index contributed by atoms with van der Waals surface area (Å²) in [6, 6.07) is 13.1. The van der Waals surface area contributed by atoms with Crippen LogP contribution in [0, 0.1) is 0 Å². The molecule has 0 aliphatic heterocycles. The predicted molar refractivity (Wildman–Crippen MR) is 70.9 cm³/mol. The molecule has 0 aliphatic carbocycles. The maximum atomic E-state index is 11.7. The number of rotatable bonds is 4. The summed E-state index contributed by atoms with van der Waals surface area (Å²) in [6.45, 7) is 0. The van der Waals surface area contributed by atoms with Gasteiger partial charge in [-0.15, -0.1) is 11.3 Å². The van der Waals surface area contributed by atoms with Crippen LogP contribution in [0.4, 0.5) is 5.69 Å². The lowest BCUT2D eigenvalue weighted by Crippen LogP contribution is -2.19. The van der Waals surface area contributed by atoms with Gasteiger partial charge in [0.15, 0.2) is 0 Å². The first-order valence-electron chi connectivity index (χ1n) is 5.39. The number of carbonyl (C=O) groups is 1. The van der Waals surface area contributed by atoms with Crippen molar-refractivity contribution >= 4 is 22.9 Å². The lowest BCUT2D eigenvalue weighted by Gasteiger charge is -2.09. The van der Waals surface area contributed by atoms with Gasteiger partial charge in [-0.25, -0.2) is 0 Å². The van der Waals surface area contributed by atoms with Gasteiger partial charge in [0.05, 0.1) is 0 Å². The second-order valence-electron chi connectivity index (χ2n) is 3.74. The Morgan fingerprint density at radius 2 is 2.00 bits per heavy atom. The molecule has 0 saturated heterocycles. The molecule has 2 rings (SSSR count). The number of carbonyl (C=O) groups excluding carboxylic acids is 1. The molecule has 1 atom stereocenters. The van der Waals surface area contributed by atoms with Crippen molar-refractivity contribution in [2.75, 3.05) is 5.32 Å². The van der Waals surface area contributed by atoms with E-state index in [-0.39, 0.29) is 11.9 Å². The predicted octanol–water partition coefficient (Wildman–Crippen LogP) is 2.78. The molecule has 4 heteroatoms. The van der Waals surface area contributed by atoms with Gasteiger partial charge in [-0.2, -0.15) is 0 Å². The molecular weight excluding hydrogens is 232 g/mol. The Hall–Kier alpha value is -1.65. The van der Waals surface area contributed by atoms with Crippen LogP contribution in [0.15, 0.2) is 47.8 Å². The van der Waals surface area contributed by atoms with Gasteiger partial charge in [0, 0.05) is 23.0 Å². The van der Waals surface area contributed by atoms with Crippen molar-refractivity contribution in [1.82, 2.24) is 0 Å². The Kier molecular flexibility index (Phi) is 3.90. The van der Waals surface area contributed by atoms with E-state index in [2.05, 4.69) is 5.32 Å². The minimum absolute atomic E-state index is 0.0582. The number of para-hydroxylation sites is 1. The topological polar surface area (TPSA) is 55.1 Å². The average molecular weight is 246 g/mol. The summed E-state index contributed by atoms with van der Waals surface area (Å²) in [7, 11) is 0. The van der Waals surface area contributed by atoms with Crippen LogP contribution >= 0.6 is 11.3 Å². The third-order valence-electron chi connectivity index (χ3n) is 2.37. The molecule has 0 saturated carbocycles. The third-order valence-corrected chi connectivity index (χ3v) is 3.38. The molecule has 3 N–H and O–H groups in total. The Bertz CT molecular complexity index is 467. The lowest BCUT2D eigenvalue weighted by molar-refractivity contribution is -0.116. The fraction of sp³-hybridized carbons (Fsp3) is 0.154. The number of benzene rings is 1.